The zero-order chi connectivity index (χ0) is 13.0. The number of hydrogen-bond donors (Lipinski definition) is 1. The highest BCUT2D eigenvalue weighted by Crippen LogP contribution is 2.59. The van der Waals surface area contributed by atoms with Gasteiger partial charge in [-0.2, -0.15) is 0 Å². The van der Waals surface area contributed by atoms with E-state index in [2.05, 4.69) is 0 Å². The molecule has 96 valence electrons. The van der Waals surface area contributed by atoms with Gasteiger partial charge >= 0.3 is 0 Å². The first-order chi connectivity index (χ1) is 7.72. The molecule has 1 heterocycles. The van der Waals surface area contributed by atoms with Crippen LogP contribution in [0.3, 0.4) is 0 Å². The van der Waals surface area contributed by atoms with Crippen LogP contribution in [0.1, 0.15) is 40.5 Å². The molecule has 0 spiro atoms. The van der Waals surface area contributed by atoms with Crippen molar-refractivity contribution in [2.24, 2.45) is 16.7 Å². The Morgan fingerprint density at radius 1 is 1.41 bits per heavy atom. The SMILES string of the molecule is CC(O)CN1C(=O)[C@H]2CC[C@@](C)(C1=O)C2(C)C. The van der Waals surface area contributed by atoms with E-state index >= 15 is 0 Å². The van der Waals surface area contributed by atoms with E-state index < -0.39 is 11.5 Å². The molecule has 2 aliphatic rings. The Bertz CT molecular complexity index is 375. The quantitative estimate of drug-likeness (QED) is 0.736. The fraction of sp³-hybridized carbons (Fsp3) is 0.846. The Balaban J connectivity index is 2.39. The minimum Gasteiger partial charge on any atom is -0.392 e. The molecule has 4 heteroatoms. The van der Waals surface area contributed by atoms with E-state index in [1.807, 2.05) is 20.8 Å². The van der Waals surface area contributed by atoms with Crippen LogP contribution in [-0.2, 0) is 9.59 Å². The van der Waals surface area contributed by atoms with Crippen molar-refractivity contribution in [1.29, 1.82) is 0 Å². The number of likely N-dealkylation sites (tertiary alicyclic amines) is 1. The number of imide groups is 1. The topological polar surface area (TPSA) is 57.6 Å². The third-order valence-electron chi connectivity index (χ3n) is 4.95. The van der Waals surface area contributed by atoms with Crippen LogP contribution in [0.15, 0.2) is 0 Å². The first-order valence-electron chi connectivity index (χ1n) is 6.25. The van der Waals surface area contributed by atoms with Crippen LogP contribution in [0, 0.1) is 16.7 Å². The van der Waals surface area contributed by atoms with Gasteiger partial charge in [0.05, 0.1) is 18.1 Å². The number of β-amino-alcohol motifs (C(OH)–C–C–N with tert-alkyl or cyclic N) is 1. The summed E-state index contributed by atoms with van der Waals surface area (Å²) >= 11 is 0. The van der Waals surface area contributed by atoms with Gasteiger partial charge in [0.2, 0.25) is 11.8 Å². The molecule has 0 aromatic rings. The van der Waals surface area contributed by atoms with Crippen molar-refractivity contribution in [1.82, 2.24) is 4.90 Å². The molecule has 2 fully saturated rings. The van der Waals surface area contributed by atoms with Crippen LogP contribution < -0.4 is 0 Å². The lowest BCUT2D eigenvalue weighted by Crippen LogP contribution is -2.60. The first-order valence-corrected chi connectivity index (χ1v) is 6.25. The minimum absolute atomic E-state index is 0.0797. The molecular formula is C13H21NO3. The zero-order valence-corrected chi connectivity index (χ0v) is 11.0. The van der Waals surface area contributed by atoms with Crippen molar-refractivity contribution in [2.45, 2.75) is 46.6 Å². The van der Waals surface area contributed by atoms with Crippen molar-refractivity contribution in [2.75, 3.05) is 6.54 Å². The van der Waals surface area contributed by atoms with E-state index in [1.165, 1.54) is 4.90 Å². The monoisotopic (exact) mass is 239 g/mol. The first kappa shape index (κ1) is 12.6. The van der Waals surface area contributed by atoms with Crippen molar-refractivity contribution in [3.63, 3.8) is 0 Å². The van der Waals surface area contributed by atoms with Gasteiger partial charge in [-0.15, -0.1) is 0 Å². The molecule has 0 radical (unpaired) electrons. The molecular weight excluding hydrogens is 218 g/mol. The molecule has 3 atom stereocenters. The molecule has 2 bridgehead atoms. The van der Waals surface area contributed by atoms with Crippen LogP contribution in [0.2, 0.25) is 0 Å². The third-order valence-corrected chi connectivity index (χ3v) is 4.95. The maximum atomic E-state index is 12.5. The Labute approximate surface area is 102 Å². The Morgan fingerprint density at radius 2 is 2.00 bits per heavy atom. The standard InChI is InChI=1S/C13H21NO3/c1-8(15)7-14-10(16)9-5-6-13(4,11(14)17)12(9,2)3/h8-9,15H,5-7H2,1-4H3/t8?,9-,13+/m1/s1. The fourth-order valence-electron chi connectivity index (χ4n) is 3.34. The lowest BCUT2D eigenvalue weighted by molar-refractivity contribution is -0.169. The number of fused-ring (bicyclic) bond motifs is 2. The molecule has 1 saturated heterocycles. The van der Waals surface area contributed by atoms with E-state index in [9.17, 15) is 14.7 Å². The smallest absolute Gasteiger partial charge is 0.235 e. The van der Waals surface area contributed by atoms with E-state index in [4.69, 9.17) is 0 Å². The second kappa shape index (κ2) is 3.55. The summed E-state index contributed by atoms with van der Waals surface area (Å²) in [7, 11) is 0. The molecule has 2 rings (SSSR count). The van der Waals surface area contributed by atoms with Gasteiger partial charge in [0, 0.05) is 5.92 Å². The second-order valence-corrected chi connectivity index (χ2v) is 6.25. The zero-order valence-electron chi connectivity index (χ0n) is 11.0. The van der Waals surface area contributed by atoms with Crippen LogP contribution in [0.25, 0.3) is 0 Å². The Hall–Kier alpha value is -0.900. The van der Waals surface area contributed by atoms with Gasteiger partial charge in [0.25, 0.3) is 0 Å². The Morgan fingerprint density at radius 3 is 2.53 bits per heavy atom. The van der Waals surface area contributed by atoms with Gasteiger partial charge in [-0.1, -0.05) is 20.8 Å². The van der Waals surface area contributed by atoms with E-state index in [0.717, 1.165) is 12.8 Å². The Kier molecular flexibility index (Phi) is 2.62. The summed E-state index contributed by atoms with van der Waals surface area (Å²) in [5, 5.41) is 9.40. The molecule has 1 aliphatic heterocycles. The average molecular weight is 239 g/mol. The average Bonchev–Trinajstić information content (AvgIpc) is 2.40. The number of carbonyl (C=O) groups is 2. The summed E-state index contributed by atoms with van der Waals surface area (Å²) in [4.78, 5) is 26.0. The van der Waals surface area contributed by atoms with E-state index in [0.29, 0.717) is 0 Å². The van der Waals surface area contributed by atoms with Crippen molar-refractivity contribution in [3.05, 3.63) is 0 Å². The van der Waals surface area contributed by atoms with Crippen molar-refractivity contribution < 1.29 is 14.7 Å². The van der Waals surface area contributed by atoms with Gasteiger partial charge in [-0.25, -0.2) is 0 Å². The summed E-state index contributed by atoms with van der Waals surface area (Å²) in [5.74, 6) is -0.290. The molecule has 1 aliphatic carbocycles. The summed E-state index contributed by atoms with van der Waals surface area (Å²) in [6.07, 6.45) is 0.891. The van der Waals surface area contributed by atoms with Gasteiger partial charge in [-0.3, -0.25) is 14.5 Å². The lowest BCUT2D eigenvalue weighted by Gasteiger charge is -2.47. The maximum Gasteiger partial charge on any atom is 0.235 e. The van der Waals surface area contributed by atoms with Gasteiger partial charge in [0.15, 0.2) is 0 Å². The van der Waals surface area contributed by atoms with Gasteiger partial charge < -0.3 is 5.11 Å². The summed E-state index contributed by atoms with van der Waals surface area (Å²) in [6.45, 7) is 7.71. The number of nitrogens with zero attached hydrogens (tertiary/aromatic N) is 1. The largest absolute Gasteiger partial charge is 0.392 e. The molecule has 17 heavy (non-hydrogen) atoms. The van der Waals surface area contributed by atoms with Crippen LogP contribution >= 0.6 is 0 Å². The van der Waals surface area contributed by atoms with Crippen molar-refractivity contribution >= 4 is 11.8 Å². The maximum absolute atomic E-state index is 12.5. The minimum atomic E-state index is -0.660. The highest BCUT2D eigenvalue weighted by molar-refractivity contribution is 6.03. The fourth-order valence-corrected chi connectivity index (χ4v) is 3.34. The number of aliphatic hydroxyl groups is 1. The van der Waals surface area contributed by atoms with Crippen LogP contribution in [-0.4, -0.2) is 34.5 Å². The second-order valence-electron chi connectivity index (χ2n) is 6.25. The predicted molar refractivity (Wildman–Crippen MR) is 63.0 cm³/mol. The van der Waals surface area contributed by atoms with Gasteiger partial charge in [0.1, 0.15) is 0 Å². The number of amides is 2. The third kappa shape index (κ3) is 1.46. The summed E-state index contributed by atoms with van der Waals surface area (Å²) in [5.41, 5.74) is -0.725. The number of aliphatic hydroxyl groups excluding tert-OH is 1. The van der Waals surface area contributed by atoms with Gasteiger partial charge in [-0.05, 0) is 25.2 Å². The number of hydrogen-bond acceptors (Lipinski definition) is 3. The molecule has 1 saturated carbocycles. The molecule has 0 aromatic carbocycles. The van der Waals surface area contributed by atoms with E-state index in [-0.39, 0.29) is 29.7 Å². The van der Waals surface area contributed by atoms with Crippen molar-refractivity contribution in [3.8, 4) is 0 Å². The molecule has 0 aromatic heterocycles. The summed E-state index contributed by atoms with van der Waals surface area (Å²) < 4.78 is 0. The highest BCUT2D eigenvalue weighted by atomic mass is 16.3. The molecule has 4 nitrogen and oxygen atoms in total. The molecule has 1 N–H and O–H groups in total. The number of piperidine rings is 1. The van der Waals surface area contributed by atoms with Crippen LogP contribution in [0.5, 0.6) is 0 Å². The summed E-state index contributed by atoms with van der Waals surface area (Å²) in [6, 6.07) is 0. The molecule has 1 unspecified atom stereocenters. The number of rotatable bonds is 2. The van der Waals surface area contributed by atoms with Crippen LogP contribution in [0.4, 0.5) is 0 Å². The van der Waals surface area contributed by atoms with E-state index in [1.54, 1.807) is 6.92 Å². The normalized spacial score (nSPS) is 37.5. The molecule has 2 amide bonds. The highest BCUT2D eigenvalue weighted by Gasteiger charge is 2.64. The number of carbonyl (C=O) groups excluding carboxylic acids is 2. The lowest BCUT2D eigenvalue weighted by atomic mass is 9.62. The predicted octanol–water partition coefficient (Wildman–Crippen LogP) is 1.18.